The van der Waals surface area contributed by atoms with Gasteiger partial charge < -0.3 is 16.2 Å². The topological polar surface area (TPSA) is 75.3 Å². The van der Waals surface area contributed by atoms with Gasteiger partial charge in [-0.2, -0.15) is 0 Å². The second-order valence-corrected chi connectivity index (χ2v) is 5.96. The molecule has 2 unspecified atom stereocenters. The Morgan fingerprint density at radius 3 is 2.44 bits per heavy atom. The summed E-state index contributed by atoms with van der Waals surface area (Å²) in [4.78, 5) is 12.1. The first-order valence-corrected chi connectivity index (χ1v) is 7.13. The summed E-state index contributed by atoms with van der Waals surface area (Å²) in [5.41, 5.74) is 5.90. The van der Waals surface area contributed by atoms with E-state index in [1.807, 2.05) is 13.8 Å². The number of rotatable bonds is 6. The summed E-state index contributed by atoms with van der Waals surface area (Å²) in [6, 6.07) is 0.0147. The van der Waals surface area contributed by atoms with Crippen LogP contribution in [0.15, 0.2) is 0 Å². The van der Waals surface area contributed by atoms with Gasteiger partial charge in [-0.25, -0.2) is 0 Å². The van der Waals surface area contributed by atoms with Gasteiger partial charge in [0.1, 0.15) is 0 Å². The maximum atomic E-state index is 12.1. The quantitative estimate of drug-likeness (QED) is 0.673. The Hall–Kier alpha value is -0.610. The van der Waals surface area contributed by atoms with Crippen molar-refractivity contribution >= 4 is 5.91 Å². The molecule has 0 aliphatic heterocycles. The first kappa shape index (κ1) is 15.4. The highest BCUT2D eigenvalue weighted by Gasteiger charge is 2.33. The molecule has 18 heavy (non-hydrogen) atoms. The molecule has 0 spiro atoms. The van der Waals surface area contributed by atoms with Crippen LogP contribution in [0.25, 0.3) is 0 Å². The predicted molar refractivity (Wildman–Crippen MR) is 73.0 cm³/mol. The Labute approximate surface area is 110 Å². The Balaban J connectivity index is 2.47. The van der Waals surface area contributed by atoms with Crippen molar-refractivity contribution in [3.05, 3.63) is 0 Å². The third-order valence-corrected chi connectivity index (χ3v) is 4.41. The Morgan fingerprint density at radius 2 is 1.94 bits per heavy atom. The molecule has 1 aliphatic rings. The summed E-state index contributed by atoms with van der Waals surface area (Å²) in [5.74, 6) is 0.171. The van der Waals surface area contributed by atoms with E-state index in [1.165, 1.54) is 19.3 Å². The molecule has 0 saturated heterocycles. The second kappa shape index (κ2) is 7.10. The summed E-state index contributed by atoms with van der Waals surface area (Å²) in [5, 5.41) is 12.0. The maximum absolute atomic E-state index is 12.1. The summed E-state index contributed by atoms with van der Waals surface area (Å²) < 4.78 is 0. The van der Waals surface area contributed by atoms with E-state index in [0.29, 0.717) is 13.0 Å². The molecule has 0 aromatic carbocycles. The van der Waals surface area contributed by atoms with Crippen LogP contribution in [0.4, 0.5) is 0 Å². The average Bonchev–Trinajstić information content (AvgIpc) is 2.38. The third kappa shape index (κ3) is 4.25. The standard InChI is InChI=1S/C14H28N2O2/c1-11(9-17)12(2)16-13(18)8-14(10-15)6-4-3-5-7-14/h11-12,17H,3-10,15H2,1-2H3,(H,16,18). The SMILES string of the molecule is CC(CO)C(C)NC(=O)CC1(CN)CCCCC1. The molecule has 0 heterocycles. The first-order chi connectivity index (χ1) is 8.53. The lowest BCUT2D eigenvalue weighted by atomic mass is 9.71. The number of aliphatic hydroxyl groups excluding tert-OH is 1. The van der Waals surface area contributed by atoms with Gasteiger partial charge in [0, 0.05) is 19.1 Å². The lowest BCUT2D eigenvalue weighted by Crippen LogP contribution is -2.43. The normalized spacial score (nSPS) is 22.2. The van der Waals surface area contributed by atoms with Gasteiger partial charge in [0.2, 0.25) is 5.91 Å². The van der Waals surface area contributed by atoms with Crippen LogP contribution in [0.2, 0.25) is 0 Å². The molecule has 0 aromatic rings. The zero-order valence-corrected chi connectivity index (χ0v) is 11.7. The fourth-order valence-electron chi connectivity index (χ4n) is 2.70. The van der Waals surface area contributed by atoms with Gasteiger partial charge >= 0.3 is 0 Å². The van der Waals surface area contributed by atoms with Crippen molar-refractivity contribution in [2.24, 2.45) is 17.1 Å². The van der Waals surface area contributed by atoms with Crippen LogP contribution in [-0.4, -0.2) is 30.2 Å². The molecular formula is C14H28N2O2. The Bertz CT molecular complexity index is 263. The number of hydrogen-bond acceptors (Lipinski definition) is 3. The molecule has 1 saturated carbocycles. The zero-order valence-electron chi connectivity index (χ0n) is 11.7. The van der Waals surface area contributed by atoms with Crippen LogP contribution in [0.5, 0.6) is 0 Å². The number of nitrogens with two attached hydrogens (primary N) is 1. The number of carbonyl (C=O) groups excluding carboxylic acids is 1. The van der Waals surface area contributed by atoms with Crippen LogP contribution in [0, 0.1) is 11.3 Å². The van der Waals surface area contributed by atoms with E-state index in [9.17, 15) is 4.79 Å². The van der Waals surface area contributed by atoms with Gasteiger partial charge in [0.15, 0.2) is 0 Å². The summed E-state index contributed by atoms with van der Waals surface area (Å²) in [6.07, 6.45) is 6.31. The molecule has 1 rings (SSSR count). The molecule has 4 heteroatoms. The highest BCUT2D eigenvalue weighted by atomic mass is 16.3. The average molecular weight is 256 g/mol. The highest BCUT2D eigenvalue weighted by Crippen LogP contribution is 2.38. The van der Waals surface area contributed by atoms with E-state index >= 15 is 0 Å². The van der Waals surface area contributed by atoms with Crippen molar-refractivity contribution in [3.63, 3.8) is 0 Å². The molecule has 4 nitrogen and oxygen atoms in total. The lowest BCUT2D eigenvalue weighted by Gasteiger charge is -2.36. The van der Waals surface area contributed by atoms with Crippen LogP contribution < -0.4 is 11.1 Å². The highest BCUT2D eigenvalue weighted by molar-refractivity contribution is 5.77. The van der Waals surface area contributed by atoms with E-state index in [4.69, 9.17) is 10.8 Å². The number of amides is 1. The number of nitrogens with one attached hydrogen (secondary N) is 1. The molecule has 1 fully saturated rings. The maximum Gasteiger partial charge on any atom is 0.220 e. The molecule has 1 aliphatic carbocycles. The molecule has 0 radical (unpaired) electrons. The monoisotopic (exact) mass is 256 g/mol. The van der Waals surface area contributed by atoms with Crippen molar-refractivity contribution in [3.8, 4) is 0 Å². The minimum Gasteiger partial charge on any atom is -0.396 e. The van der Waals surface area contributed by atoms with E-state index in [2.05, 4.69) is 5.32 Å². The van der Waals surface area contributed by atoms with Gasteiger partial charge in [0.05, 0.1) is 0 Å². The van der Waals surface area contributed by atoms with E-state index in [1.54, 1.807) is 0 Å². The van der Waals surface area contributed by atoms with Gasteiger partial charge in [-0.1, -0.05) is 26.2 Å². The molecule has 4 N–H and O–H groups in total. The van der Waals surface area contributed by atoms with Crippen molar-refractivity contribution < 1.29 is 9.90 Å². The van der Waals surface area contributed by atoms with E-state index in [0.717, 1.165) is 12.8 Å². The van der Waals surface area contributed by atoms with Crippen LogP contribution in [0.3, 0.4) is 0 Å². The third-order valence-electron chi connectivity index (χ3n) is 4.41. The summed E-state index contributed by atoms with van der Waals surface area (Å²) >= 11 is 0. The Kier molecular flexibility index (Phi) is 6.09. The Morgan fingerprint density at radius 1 is 1.33 bits per heavy atom. The van der Waals surface area contributed by atoms with Gasteiger partial charge in [0.25, 0.3) is 0 Å². The molecule has 1 amide bonds. The fourth-order valence-corrected chi connectivity index (χ4v) is 2.70. The molecular weight excluding hydrogens is 228 g/mol. The minimum absolute atomic E-state index is 0.0147. The fraction of sp³-hybridized carbons (Fsp3) is 0.929. The predicted octanol–water partition coefficient (Wildman–Crippen LogP) is 1.42. The number of aliphatic hydroxyl groups is 1. The van der Waals surface area contributed by atoms with Crippen molar-refractivity contribution in [2.45, 2.75) is 58.4 Å². The van der Waals surface area contributed by atoms with Crippen LogP contribution in [-0.2, 0) is 4.79 Å². The van der Waals surface area contributed by atoms with Gasteiger partial charge in [-0.3, -0.25) is 4.79 Å². The lowest BCUT2D eigenvalue weighted by molar-refractivity contribution is -0.124. The van der Waals surface area contributed by atoms with Gasteiger partial charge in [-0.05, 0) is 37.6 Å². The second-order valence-electron chi connectivity index (χ2n) is 5.96. The largest absolute Gasteiger partial charge is 0.396 e. The van der Waals surface area contributed by atoms with Gasteiger partial charge in [-0.15, -0.1) is 0 Å². The van der Waals surface area contributed by atoms with E-state index in [-0.39, 0.29) is 29.9 Å². The van der Waals surface area contributed by atoms with Crippen LogP contribution >= 0.6 is 0 Å². The number of hydrogen-bond donors (Lipinski definition) is 3. The molecule has 2 atom stereocenters. The van der Waals surface area contributed by atoms with E-state index < -0.39 is 0 Å². The zero-order chi connectivity index (χ0) is 13.6. The molecule has 0 bridgehead atoms. The summed E-state index contributed by atoms with van der Waals surface area (Å²) in [7, 11) is 0. The minimum atomic E-state index is 0.0147. The van der Waals surface area contributed by atoms with Crippen molar-refractivity contribution in [1.29, 1.82) is 0 Å². The number of carbonyl (C=O) groups is 1. The molecule has 106 valence electrons. The summed E-state index contributed by atoms with van der Waals surface area (Å²) in [6.45, 7) is 4.58. The smallest absolute Gasteiger partial charge is 0.220 e. The first-order valence-electron chi connectivity index (χ1n) is 7.13. The molecule has 0 aromatic heterocycles. The van der Waals surface area contributed by atoms with Crippen molar-refractivity contribution in [1.82, 2.24) is 5.32 Å². The van der Waals surface area contributed by atoms with Crippen LogP contribution in [0.1, 0.15) is 52.4 Å². The van der Waals surface area contributed by atoms with Crippen molar-refractivity contribution in [2.75, 3.05) is 13.2 Å².